The van der Waals surface area contributed by atoms with Crippen molar-refractivity contribution in [1.82, 2.24) is 5.32 Å². The smallest absolute Gasteiger partial charge is 0.306 e. The molecule has 1 heterocycles. The van der Waals surface area contributed by atoms with Crippen molar-refractivity contribution in [2.24, 2.45) is 0 Å². The Bertz CT molecular complexity index is 1910. The van der Waals surface area contributed by atoms with Gasteiger partial charge in [0.05, 0.1) is 25.4 Å². The zero-order valence-electron chi connectivity index (χ0n) is 54.4. The van der Waals surface area contributed by atoms with Gasteiger partial charge in [0.15, 0.2) is 12.4 Å². The molecule has 0 radical (unpaired) electrons. The molecule has 0 aromatic rings. The Balaban J connectivity index is 2.62. The fourth-order valence-electron chi connectivity index (χ4n) is 9.94. The summed E-state index contributed by atoms with van der Waals surface area (Å²) in [5.41, 5.74) is 0. The lowest BCUT2D eigenvalue weighted by molar-refractivity contribution is -0.305. The second-order valence-electron chi connectivity index (χ2n) is 23.1. The number of hydrogen-bond acceptors (Lipinski definition) is 10. The highest BCUT2D eigenvalue weighted by Crippen LogP contribution is 2.26. The molecule has 8 unspecified atom stereocenters. The van der Waals surface area contributed by atoms with E-state index >= 15 is 0 Å². The minimum Gasteiger partial charge on any atom is -0.454 e. The van der Waals surface area contributed by atoms with Crippen LogP contribution >= 0.6 is 0 Å². The van der Waals surface area contributed by atoms with Gasteiger partial charge in [-0.25, -0.2) is 0 Å². The number of aliphatic hydroxyl groups excluding tert-OH is 5. The number of rotatable bonds is 57. The van der Waals surface area contributed by atoms with Crippen LogP contribution in [0.25, 0.3) is 0 Å². The third kappa shape index (κ3) is 47.8. The van der Waals surface area contributed by atoms with E-state index < -0.39 is 67.4 Å². The maximum Gasteiger partial charge on any atom is 0.306 e. The lowest BCUT2D eigenvalue weighted by atomic mass is 9.99. The number of allylic oxidation sites excluding steroid dienone is 21. The Kier molecular flexibility index (Phi) is 56.7. The molecule has 0 bridgehead atoms. The van der Waals surface area contributed by atoms with Gasteiger partial charge in [0.1, 0.15) is 24.4 Å². The fourth-order valence-corrected chi connectivity index (χ4v) is 9.94. The number of hydrogen-bond donors (Lipinski definition) is 6. The van der Waals surface area contributed by atoms with Gasteiger partial charge in [0, 0.05) is 6.42 Å². The highest BCUT2D eigenvalue weighted by Gasteiger charge is 2.47. The number of amides is 1. The van der Waals surface area contributed by atoms with Crippen molar-refractivity contribution >= 4 is 11.9 Å². The van der Waals surface area contributed by atoms with Gasteiger partial charge in [-0.3, -0.25) is 9.59 Å². The number of aliphatic hydroxyl groups is 5. The zero-order valence-corrected chi connectivity index (χ0v) is 54.4. The van der Waals surface area contributed by atoms with Gasteiger partial charge in [0.25, 0.3) is 0 Å². The largest absolute Gasteiger partial charge is 0.454 e. The van der Waals surface area contributed by atoms with Crippen molar-refractivity contribution in [1.29, 1.82) is 0 Å². The highest BCUT2D eigenvalue weighted by molar-refractivity contribution is 5.80. The van der Waals surface area contributed by atoms with Gasteiger partial charge in [-0.1, -0.05) is 276 Å². The molecular formula is C75H125NO10. The van der Waals surface area contributed by atoms with Crippen molar-refractivity contribution in [3.05, 3.63) is 134 Å². The van der Waals surface area contributed by atoms with Crippen molar-refractivity contribution < 1.29 is 49.3 Å². The van der Waals surface area contributed by atoms with E-state index in [0.717, 1.165) is 135 Å². The first kappa shape index (κ1) is 79.8. The summed E-state index contributed by atoms with van der Waals surface area (Å²) in [6.45, 7) is 5.54. The summed E-state index contributed by atoms with van der Waals surface area (Å²) in [6, 6.07) is -1.04. The predicted molar refractivity (Wildman–Crippen MR) is 361 cm³/mol. The molecule has 8 atom stereocenters. The van der Waals surface area contributed by atoms with E-state index in [1.165, 1.54) is 83.5 Å². The van der Waals surface area contributed by atoms with Crippen LogP contribution in [0.1, 0.15) is 265 Å². The molecule has 0 aromatic carbocycles. The molecule has 1 aliphatic rings. The van der Waals surface area contributed by atoms with Gasteiger partial charge in [-0.2, -0.15) is 0 Å². The topological polar surface area (TPSA) is 175 Å². The number of carbonyl (C=O) groups is 2. The van der Waals surface area contributed by atoms with Crippen LogP contribution in [0, 0.1) is 0 Å². The van der Waals surface area contributed by atoms with Crippen molar-refractivity contribution in [3.63, 3.8) is 0 Å². The monoisotopic (exact) mass is 1200 g/mol. The first-order chi connectivity index (χ1) is 42.2. The van der Waals surface area contributed by atoms with E-state index in [-0.39, 0.29) is 19.4 Å². The fraction of sp³-hybridized carbons (Fsp3) is 0.680. The first-order valence-electron chi connectivity index (χ1n) is 34.5. The molecular weight excluding hydrogens is 1070 g/mol. The molecule has 86 heavy (non-hydrogen) atoms. The minimum absolute atomic E-state index is 0.0775. The second kappa shape index (κ2) is 61.1. The average molecular weight is 1200 g/mol. The summed E-state index contributed by atoms with van der Waals surface area (Å²) in [4.78, 5) is 26.6. The van der Waals surface area contributed by atoms with Crippen LogP contribution in [-0.2, 0) is 23.8 Å². The van der Waals surface area contributed by atoms with Crippen LogP contribution in [0.4, 0.5) is 0 Å². The van der Waals surface area contributed by atoms with E-state index in [2.05, 4.69) is 148 Å². The number of carbonyl (C=O) groups excluding carboxylic acids is 2. The zero-order chi connectivity index (χ0) is 62.4. The maximum absolute atomic E-state index is 13.5. The van der Waals surface area contributed by atoms with E-state index in [0.29, 0.717) is 12.8 Å². The third-order valence-electron chi connectivity index (χ3n) is 15.3. The summed E-state index contributed by atoms with van der Waals surface area (Å²) >= 11 is 0. The van der Waals surface area contributed by atoms with Crippen LogP contribution in [0.15, 0.2) is 134 Å². The molecule has 0 aromatic heterocycles. The Labute approximate surface area is 524 Å². The molecule has 490 valence electrons. The Morgan fingerprint density at radius 2 is 0.837 bits per heavy atom. The summed E-state index contributed by atoms with van der Waals surface area (Å²) in [5, 5.41) is 57.2. The summed E-state index contributed by atoms with van der Waals surface area (Å²) < 4.78 is 17.6. The molecule has 0 spiro atoms. The first-order valence-corrected chi connectivity index (χ1v) is 34.5. The predicted octanol–water partition coefficient (Wildman–Crippen LogP) is 17.6. The molecule has 11 nitrogen and oxygen atoms in total. The Morgan fingerprint density at radius 1 is 0.465 bits per heavy atom. The van der Waals surface area contributed by atoms with Crippen LogP contribution in [0.2, 0.25) is 0 Å². The van der Waals surface area contributed by atoms with E-state index in [1.807, 2.05) is 6.08 Å². The van der Waals surface area contributed by atoms with Crippen LogP contribution in [0.3, 0.4) is 0 Å². The highest BCUT2D eigenvalue weighted by atomic mass is 16.7. The van der Waals surface area contributed by atoms with Crippen LogP contribution in [-0.4, -0.2) is 99.6 Å². The van der Waals surface area contributed by atoms with Crippen molar-refractivity contribution in [2.75, 3.05) is 13.2 Å². The SMILES string of the molecule is CC/C=C\C/C=C\C/C=C\C/C=C\C/C=C\CCCCCCCCCCCCC(O)C(=O)NC(COC1OC(CO)C(O)C(O)C1OC(=O)CCCCC/C=C\C/C=C\C/C=C\C/C=C\C/C=C\CC)C(O)/C=C/CCCCCCCCCCCC. The lowest BCUT2D eigenvalue weighted by Crippen LogP contribution is -2.61. The Morgan fingerprint density at radius 3 is 1.26 bits per heavy atom. The normalized spacial score (nSPS) is 19.2. The van der Waals surface area contributed by atoms with Gasteiger partial charge in [-0.15, -0.1) is 0 Å². The van der Waals surface area contributed by atoms with E-state index in [1.54, 1.807) is 6.08 Å². The second-order valence-corrected chi connectivity index (χ2v) is 23.1. The lowest BCUT2D eigenvalue weighted by Gasteiger charge is -2.41. The summed E-state index contributed by atoms with van der Waals surface area (Å²) in [7, 11) is 0. The molecule has 11 heteroatoms. The quantitative estimate of drug-likeness (QED) is 0.0195. The van der Waals surface area contributed by atoms with Crippen molar-refractivity contribution in [3.8, 4) is 0 Å². The molecule has 6 N–H and O–H groups in total. The number of nitrogens with one attached hydrogen (secondary N) is 1. The molecule has 1 rings (SSSR count). The molecule has 1 aliphatic heterocycles. The van der Waals surface area contributed by atoms with Crippen molar-refractivity contribution in [2.45, 2.75) is 314 Å². The minimum atomic E-state index is -1.64. The van der Waals surface area contributed by atoms with Gasteiger partial charge >= 0.3 is 5.97 Å². The number of unbranched alkanes of at least 4 members (excludes halogenated alkanes) is 23. The average Bonchev–Trinajstić information content (AvgIpc) is 3.68. The molecule has 1 amide bonds. The molecule has 0 aliphatic carbocycles. The maximum atomic E-state index is 13.5. The molecule has 1 fully saturated rings. The summed E-state index contributed by atoms with van der Waals surface area (Å²) in [5.74, 6) is -1.24. The molecule has 1 saturated heterocycles. The summed E-state index contributed by atoms with van der Waals surface area (Å²) in [6.07, 6.45) is 76.3. The van der Waals surface area contributed by atoms with Gasteiger partial charge in [0.2, 0.25) is 5.91 Å². The van der Waals surface area contributed by atoms with E-state index in [4.69, 9.17) is 14.2 Å². The van der Waals surface area contributed by atoms with E-state index in [9.17, 15) is 35.1 Å². The third-order valence-corrected chi connectivity index (χ3v) is 15.3. The number of esters is 1. The van der Waals surface area contributed by atoms with Gasteiger partial charge in [-0.05, 0) is 116 Å². The van der Waals surface area contributed by atoms with Crippen LogP contribution < -0.4 is 5.32 Å². The standard InChI is InChI=1S/C75H125NO10/c1-4-7-10-13-16-19-22-25-27-29-31-32-33-34-35-36-37-39-40-42-44-47-50-53-56-59-62-68(79)74(83)76-66(67(78)61-58-55-52-49-46-24-21-18-15-12-9-6-3)65-84-75-73(72(82)71(81)69(64-77)85-75)86-70(80)63-60-57-54-51-48-45-43-41-38-30-28-26-23-20-17-14-11-8-5-2/h7-8,10-11,16-17,19-20,25-28,31-32,34-35,38,41,45,48,58,61,66-69,71-73,75,77-79,81-82H,4-6,9,12-15,18,21-24,29-30,33,36-37,39-40,42-44,46-47,49-57,59-60,62-65H2,1-3H3,(H,76,83)/b10-7-,11-8-,19-16-,20-17-,27-25-,28-26-,32-31-,35-34-,41-38-,48-45-,61-58+. The molecule has 0 saturated carbocycles. The van der Waals surface area contributed by atoms with Gasteiger partial charge < -0.3 is 45.1 Å². The van der Waals surface area contributed by atoms with Crippen LogP contribution in [0.5, 0.6) is 0 Å². The number of ether oxygens (including phenoxy) is 3. The Hall–Kier alpha value is -4.20.